The molecule has 33 heavy (non-hydrogen) atoms. The zero-order chi connectivity index (χ0) is 23.4. The van der Waals surface area contributed by atoms with Gasteiger partial charge in [0.05, 0.1) is 5.60 Å². The van der Waals surface area contributed by atoms with E-state index in [0.29, 0.717) is 25.8 Å². The number of amides is 2. The summed E-state index contributed by atoms with van der Waals surface area (Å²) in [6.45, 7) is 5.70. The van der Waals surface area contributed by atoms with Crippen LogP contribution in [0, 0.1) is 0 Å². The van der Waals surface area contributed by atoms with E-state index in [9.17, 15) is 9.59 Å². The maximum atomic E-state index is 12.8. The fourth-order valence-corrected chi connectivity index (χ4v) is 6.39. The third-order valence-electron chi connectivity index (χ3n) is 7.34. The fraction of sp³-hybridized carbons (Fsp3) is 0.556. The lowest BCUT2D eigenvalue weighted by Crippen LogP contribution is -2.46. The molecular weight excluding hydrogens is 432 g/mol. The molecule has 0 saturated carbocycles. The molecule has 1 aromatic heterocycles. The maximum Gasteiger partial charge on any atom is 0.220 e. The molecule has 2 amide bonds. The highest BCUT2D eigenvalue weighted by molar-refractivity contribution is 7.07. The molecule has 178 valence electrons. The van der Waals surface area contributed by atoms with Crippen molar-refractivity contribution in [3.63, 3.8) is 0 Å². The van der Waals surface area contributed by atoms with Crippen LogP contribution in [-0.2, 0) is 26.2 Å². The van der Waals surface area contributed by atoms with E-state index in [0.717, 1.165) is 38.7 Å². The van der Waals surface area contributed by atoms with Gasteiger partial charge < -0.3 is 15.4 Å². The van der Waals surface area contributed by atoms with Crippen molar-refractivity contribution >= 4 is 23.2 Å². The smallest absolute Gasteiger partial charge is 0.220 e. The summed E-state index contributed by atoms with van der Waals surface area (Å²) >= 11 is 1.67. The van der Waals surface area contributed by atoms with Gasteiger partial charge in [-0.1, -0.05) is 30.3 Å². The Morgan fingerprint density at radius 3 is 2.64 bits per heavy atom. The van der Waals surface area contributed by atoms with Crippen LogP contribution in [0.3, 0.4) is 0 Å². The Kier molecular flexibility index (Phi) is 7.25. The Labute approximate surface area is 201 Å². The number of ether oxygens (including phenoxy) is 1. The predicted octanol–water partition coefficient (Wildman–Crippen LogP) is 4.75. The molecule has 2 aliphatic heterocycles. The summed E-state index contributed by atoms with van der Waals surface area (Å²) in [5.74, 6) is 0.160. The summed E-state index contributed by atoms with van der Waals surface area (Å²) in [5, 5.41) is 10.5. The number of benzene rings is 1. The minimum atomic E-state index is -0.300. The van der Waals surface area contributed by atoms with E-state index in [1.165, 1.54) is 11.1 Å². The minimum absolute atomic E-state index is 0.00981. The minimum Gasteiger partial charge on any atom is -0.376 e. The van der Waals surface area contributed by atoms with Crippen LogP contribution in [0.4, 0.5) is 0 Å². The molecule has 3 heterocycles. The molecular formula is C27H36N2O3S. The third-order valence-corrected chi connectivity index (χ3v) is 8.07. The van der Waals surface area contributed by atoms with Crippen LogP contribution in [0.25, 0.3) is 0 Å². The average molecular weight is 469 g/mol. The van der Waals surface area contributed by atoms with Crippen LogP contribution in [0.5, 0.6) is 0 Å². The summed E-state index contributed by atoms with van der Waals surface area (Å²) in [4.78, 5) is 24.8. The van der Waals surface area contributed by atoms with E-state index in [1.807, 2.05) is 0 Å². The molecule has 0 bridgehead atoms. The number of carbonyl (C=O) groups excluding carboxylic acids is 2. The van der Waals surface area contributed by atoms with Gasteiger partial charge in [-0.25, -0.2) is 0 Å². The first-order chi connectivity index (χ1) is 15.8. The first-order valence-electron chi connectivity index (χ1n) is 12.1. The zero-order valence-electron chi connectivity index (χ0n) is 19.8. The van der Waals surface area contributed by atoms with Crippen molar-refractivity contribution < 1.29 is 14.3 Å². The molecule has 4 rings (SSSR count). The van der Waals surface area contributed by atoms with Gasteiger partial charge in [-0.15, -0.1) is 0 Å². The number of carbonyl (C=O) groups is 2. The summed E-state index contributed by atoms with van der Waals surface area (Å²) in [7, 11) is 0. The molecule has 0 unspecified atom stereocenters. The first-order valence-corrected chi connectivity index (χ1v) is 13.0. The van der Waals surface area contributed by atoms with Crippen LogP contribution in [-0.4, -0.2) is 36.1 Å². The van der Waals surface area contributed by atoms with E-state index in [4.69, 9.17) is 4.74 Å². The SMILES string of the molecule is CC1(C)C[C@@](CCNC(=O)CC[C@]2(Cc3ccsc3)CCC(=O)N2)(c2ccccc2)CCO1. The quantitative estimate of drug-likeness (QED) is 0.558. The number of thiophene rings is 1. The normalized spacial score (nSPS) is 26.7. The number of hydrogen-bond acceptors (Lipinski definition) is 4. The lowest BCUT2D eigenvalue weighted by Gasteiger charge is -2.45. The molecule has 2 atom stereocenters. The standard InChI is InChI=1S/C27H36N2O3S/c1-25(2)20-26(14-16-32-25,22-6-4-3-5-7-22)13-15-28-23(30)8-11-27(12-9-24(31)29-27)18-21-10-17-33-19-21/h3-7,10,17,19H,8-9,11-16,18,20H2,1-2H3,(H,28,30)(H,29,31)/t26-,27+/m0/s1. The van der Waals surface area contributed by atoms with Crippen LogP contribution < -0.4 is 10.6 Å². The van der Waals surface area contributed by atoms with Gasteiger partial charge >= 0.3 is 0 Å². The molecule has 0 radical (unpaired) electrons. The lowest BCUT2D eigenvalue weighted by molar-refractivity contribution is -0.123. The second-order valence-corrected chi connectivity index (χ2v) is 11.2. The van der Waals surface area contributed by atoms with Gasteiger partial charge in [-0.05, 0) is 80.3 Å². The zero-order valence-corrected chi connectivity index (χ0v) is 20.6. The Hall–Kier alpha value is -2.18. The van der Waals surface area contributed by atoms with Crippen LogP contribution in [0.2, 0.25) is 0 Å². The van der Waals surface area contributed by atoms with Crippen molar-refractivity contribution in [2.45, 2.75) is 81.8 Å². The molecule has 0 aliphatic carbocycles. The van der Waals surface area contributed by atoms with E-state index in [2.05, 4.69) is 71.6 Å². The summed E-state index contributed by atoms with van der Waals surface area (Å²) in [6.07, 6.45) is 6.03. The van der Waals surface area contributed by atoms with Gasteiger partial charge in [0.15, 0.2) is 0 Å². The van der Waals surface area contributed by atoms with E-state index < -0.39 is 0 Å². The maximum absolute atomic E-state index is 12.8. The van der Waals surface area contributed by atoms with Gasteiger partial charge in [0, 0.05) is 36.9 Å². The average Bonchev–Trinajstić information content (AvgIpc) is 3.42. The van der Waals surface area contributed by atoms with Gasteiger partial charge in [0.1, 0.15) is 0 Å². The molecule has 5 nitrogen and oxygen atoms in total. The van der Waals surface area contributed by atoms with E-state index in [-0.39, 0.29) is 28.4 Å². The molecule has 2 aromatic rings. The highest BCUT2D eigenvalue weighted by Gasteiger charge is 2.42. The molecule has 2 fully saturated rings. The van der Waals surface area contributed by atoms with Gasteiger partial charge in [0.25, 0.3) is 0 Å². The number of nitrogens with one attached hydrogen (secondary N) is 2. The lowest BCUT2D eigenvalue weighted by atomic mass is 9.67. The molecule has 6 heteroatoms. The third kappa shape index (κ3) is 6.04. The Bertz CT molecular complexity index is 944. The van der Waals surface area contributed by atoms with E-state index >= 15 is 0 Å². The van der Waals surface area contributed by atoms with Crippen molar-refractivity contribution in [2.75, 3.05) is 13.2 Å². The van der Waals surface area contributed by atoms with Crippen molar-refractivity contribution in [1.82, 2.24) is 10.6 Å². The first kappa shape index (κ1) is 24.0. The van der Waals surface area contributed by atoms with Crippen LogP contribution in [0.1, 0.15) is 69.9 Å². The molecule has 2 saturated heterocycles. The molecule has 2 aliphatic rings. The van der Waals surface area contributed by atoms with Gasteiger partial charge in [0.2, 0.25) is 11.8 Å². The molecule has 2 N–H and O–H groups in total. The number of rotatable bonds is 9. The van der Waals surface area contributed by atoms with Crippen molar-refractivity contribution in [3.05, 3.63) is 58.3 Å². The Morgan fingerprint density at radius 2 is 1.97 bits per heavy atom. The monoisotopic (exact) mass is 468 g/mol. The molecule has 0 spiro atoms. The van der Waals surface area contributed by atoms with Crippen LogP contribution >= 0.6 is 11.3 Å². The Morgan fingerprint density at radius 1 is 1.15 bits per heavy atom. The summed E-state index contributed by atoms with van der Waals surface area (Å²) < 4.78 is 6.01. The van der Waals surface area contributed by atoms with Crippen molar-refractivity contribution in [2.24, 2.45) is 0 Å². The topological polar surface area (TPSA) is 67.4 Å². The van der Waals surface area contributed by atoms with Gasteiger partial charge in [-0.3, -0.25) is 9.59 Å². The van der Waals surface area contributed by atoms with E-state index in [1.54, 1.807) is 11.3 Å². The van der Waals surface area contributed by atoms with Gasteiger partial charge in [-0.2, -0.15) is 11.3 Å². The molecule has 1 aromatic carbocycles. The predicted molar refractivity (Wildman–Crippen MR) is 132 cm³/mol. The summed E-state index contributed by atoms with van der Waals surface area (Å²) in [5.41, 5.74) is 2.10. The van der Waals surface area contributed by atoms with Crippen molar-refractivity contribution in [1.29, 1.82) is 0 Å². The fourth-order valence-electron chi connectivity index (χ4n) is 5.72. The highest BCUT2D eigenvalue weighted by atomic mass is 32.1. The van der Waals surface area contributed by atoms with Crippen molar-refractivity contribution in [3.8, 4) is 0 Å². The van der Waals surface area contributed by atoms with Crippen LogP contribution in [0.15, 0.2) is 47.2 Å². The second-order valence-electron chi connectivity index (χ2n) is 10.4. The summed E-state index contributed by atoms with van der Waals surface area (Å²) in [6, 6.07) is 12.8. The second kappa shape index (κ2) is 9.98. The largest absolute Gasteiger partial charge is 0.376 e. The highest BCUT2D eigenvalue weighted by Crippen LogP contribution is 2.43. The number of hydrogen-bond donors (Lipinski definition) is 2. The Balaban J connectivity index is 1.34.